The molecule has 0 amide bonds. The maximum absolute atomic E-state index is 6.01. The lowest BCUT2D eigenvalue weighted by atomic mass is 9.92. The van der Waals surface area contributed by atoms with Gasteiger partial charge in [0.15, 0.2) is 0 Å². The number of hydrogen-bond acceptors (Lipinski definition) is 2. The standard InChI is InChI=1S/C26H28N2OSi.C14H11B/c1-2-3-19-29-24-15-10-16-25(20-24)30-26(28-18-17-27-21-28,22-11-6-4-7-12-22)23-13-8-5-9-14-23;15-11-14(12-7-3-1-4-8-12)13-9-5-2-6-10-13/h4-18,20-21H,2-3,19,30H2,1H3;1-11H. The highest BCUT2D eigenvalue weighted by atomic mass is 28.2. The second-order valence-corrected chi connectivity index (χ2v) is 13.1. The molecule has 2 radical (unpaired) electrons. The van der Waals surface area contributed by atoms with Crippen molar-refractivity contribution < 1.29 is 4.74 Å². The molecule has 1 heterocycles. The van der Waals surface area contributed by atoms with E-state index in [1.807, 2.05) is 48.9 Å². The molecule has 0 unspecified atom stereocenters. The van der Waals surface area contributed by atoms with Gasteiger partial charge in [-0.15, -0.1) is 5.98 Å². The summed E-state index contributed by atoms with van der Waals surface area (Å²) in [6.07, 6.45) is 8.14. The van der Waals surface area contributed by atoms with Crippen LogP contribution in [0.3, 0.4) is 0 Å². The molecule has 0 spiro atoms. The average molecular weight is 603 g/mol. The Morgan fingerprint density at radius 3 is 1.80 bits per heavy atom. The van der Waals surface area contributed by atoms with Crippen LogP contribution in [0.5, 0.6) is 5.75 Å². The summed E-state index contributed by atoms with van der Waals surface area (Å²) in [6, 6.07) is 50.6. The van der Waals surface area contributed by atoms with Crippen molar-refractivity contribution in [1.82, 2.24) is 9.55 Å². The van der Waals surface area contributed by atoms with Crippen LogP contribution in [0.1, 0.15) is 42.0 Å². The lowest BCUT2D eigenvalue weighted by Crippen LogP contribution is -2.46. The maximum Gasteiger partial charge on any atom is 0.119 e. The molecule has 222 valence electrons. The van der Waals surface area contributed by atoms with Crippen LogP contribution >= 0.6 is 0 Å². The third-order valence-corrected chi connectivity index (χ3v) is 10.5. The molecule has 0 bridgehead atoms. The molecular weight excluding hydrogens is 563 g/mol. The summed E-state index contributed by atoms with van der Waals surface area (Å²) in [4.78, 5) is 4.41. The van der Waals surface area contributed by atoms with Crippen molar-refractivity contribution in [2.45, 2.75) is 24.9 Å². The Balaban J connectivity index is 0.000000223. The lowest BCUT2D eigenvalue weighted by molar-refractivity contribution is 0.309. The Hall–Kier alpha value is -4.87. The van der Waals surface area contributed by atoms with E-state index in [1.165, 1.54) is 16.3 Å². The van der Waals surface area contributed by atoms with E-state index in [2.05, 4.69) is 132 Å². The maximum atomic E-state index is 6.01. The van der Waals surface area contributed by atoms with Crippen molar-refractivity contribution in [3.63, 3.8) is 0 Å². The zero-order valence-electron chi connectivity index (χ0n) is 25.9. The fraction of sp³-hybridized carbons (Fsp3) is 0.125. The Morgan fingerprint density at radius 2 is 1.31 bits per heavy atom. The van der Waals surface area contributed by atoms with Crippen LogP contribution in [0.15, 0.2) is 170 Å². The van der Waals surface area contributed by atoms with E-state index < -0.39 is 9.52 Å². The van der Waals surface area contributed by atoms with Gasteiger partial charge < -0.3 is 9.30 Å². The van der Waals surface area contributed by atoms with Crippen molar-refractivity contribution in [2.75, 3.05) is 6.61 Å². The quantitative estimate of drug-likeness (QED) is 0.113. The molecule has 0 N–H and O–H groups in total. The minimum absolute atomic E-state index is 0.263. The van der Waals surface area contributed by atoms with Gasteiger partial charge in [-0.1, -0.05) is 152 Å². The largest absolute Gasteiger partial charge is 0.494 e. The van der Waals surface area contributed by atoms with Gasteiger partial charge in [-0.05, 0) is 46.4 Å². The molecule has 0 aliphatic rings. The highest BCUT2D eigenvalue weighted by molar-refractivity contribution is 6.57. The molecular formula is C40H39BN2OSi. The van der Waals surface area contributed by atoms with Crippen molar-refractivity contribution in [1.29, 1.82) is 0 Å². The van der Waals surface area contributed by atoms with Gasteiger partial charge in [0.2, 0.25) is 0 Å². The molecule has 6 rings (SSSR count). The first kappa shape index (κ1) is 31.6. The molecule has 6 aromatic rings. The molecule has 0 saturated carbocycles. The third kappa shape index (κ3) is 8.00. The van der Waals surface area contributed by atoms with E-state index >= 15 is 0 Å². The van der Waals surface area contributed by atoms with Gasteiger partial charge in [0, 0.05) is 12.4 Å². The summed E-state index contributed by atoms with van der Waals surface area (Å²) < 4.78 is 8.29. The van der Waals surface area contributed by atoms with E-state index in [-0.39, 0.29) is 5.16 Å². The van der Waals surface area contributed by atoms with E-state index in [0.29, 0.717) is 0 Å². The van der Waals surface area contributed by atoms with Crippen LogP contribution in [0, 0.1) is 0 Å². The van der Waals surface area contributed by atoms with Crippen LogP contribution in [0.4, 0.5) is 0 Å². The number of unbranched alkanes of at least 4 members (excludes halogenated alkanes) is 1. The Morgan fingerprint density at radius 1 is 0.756 bits per heavy atom. The number of ether oxygens (including phenoxy) is 1. The van der Waals surface area contributed by atoms with Gasteiger partial charge in [-0.3, -0.25) is 0 Å². The molecule has 0 aliphatic carbocycles. The van der Waals surface area contributed by atoms with Gasteiger partial charge in [0.05, 0.1) is 27.6 Å². The SMILES string of the molecule is CCCCOc1cccc([SiH2]C(c2ccccc2)(c2ccccc2)n2ccnc2)c1.[B]C=C(c1ccccc1)c1ccccc1. The molecule has 0 atom stereocenters. The molecule has 0 saturated heterocycles. The van der Waals surface area contributed by atoms with Crippen LogP contribution in [0.2, 0.25) is 0 Å². The Kier molecular flexibility index (Phi) is 11.4. The van der Waals surface area contributed by atoms with E-state index in [1.54, 1.807) is 5.98 Å². The van der Waals surface area contributed by atoms with Crippen LogP contribution in [0.25, 0.3) is 5.57 Å². The highest BCUT2D eigenvalue weighted by Crippen LogP contribution is 2.33. The van der Waals surface area contributed by atoms with E-state index in [0.717, 1.165) is 41.9 Å². The number of aromatic nitrogens is 2. The molecule has 5 heteroatoms. The predicted molar refractivity (Wildman–Crippen MR) is 192 cm³/mol. The topological polar surface area (TPSA) is 27.1 Å². The average Bonchev–Trinajstić information content (AvgIpc) is 3.66. The molecule has 0 aliphatic heterocycles. The normalized spacial score (nSPS) is 11.0. The number of hydrogen-bond donors (Lipinski definition) is 0. The summed E-state index contributed by atoms with van der Waals surface area (Å²) >= 11 is 0. The van der Waals surface area contributed by atoms with Gasteiger partial charge in [0.1, 0.15) is 13.6 Å². The second kappa shape index (κ2) is 16.3. The zero-order valence-corrected chi connectivity index (χ0v) is 27.3. The van der Waals surface area contributed by atoms with Crippen LogP contribution in [-0.2, 0) is 5.16 Å². The Bertz CT molecular complexity index is 1640. The van der Waals surface area contributed by atoms with Crippen LogP contribution < -0.4 is 9.92 Å². The predicted octanol–water partition coefficient (Wildman–Crippen LogP) is 7.55. The lowest BCUT2D eigenvalue weighted by Gasteiger charge is -2.37. The smallest absolute Gasteiger partial charge is 0.119 e. The summed E-state index contributed by atoms with van der Waals surface area (Å²) in [5.41, 5.74) is 5.94. The first-order valence-electron chi connectivity index (χ1n) is 15.6. The molecule has 5 aromatic carbocycles. The number of nitrogens with zero attached hydrogens (tertiary/aromatic N) is 2. The molecule has 0 fully saturated rings. The summed E-state index contributed by atoms with van der Waals surface area (Å²) in [5, 5.41) is 1.10. The van der Waals surface area contributed by atoms with E-state index in [9.17, 15) is 0 Å². The molecule has 1 aromatic heterocycles. The number of benzene rings is 5. The monoisotopic (exact) mass is 602 g/mol. The molecule has 45 heavy (non-hydrogen) atoms. The van der Waals surface area contributed by atoms with Gasteiger partial charge in [-0.2, -0.15) is 0 Å². The van der Waals surface area contributed by atoms with Crippen molar-refractivity contribution in [3.05, 3.63) is 193 Å². The first-order valence-corrected chi connectivity index (χ1v) is 17.0. The molecule has 3 nitrogen and oxygen atoms in total. The summed E-state index contributed by atoms with van der Waals surface area (Å²) in [5.74, 6) is 2.62. The fourth-order valence-electron chi connectivity index (χ4n) is 5.64. The summed E-state index contributed by atoms with van der Waals surface area (Å²) in [7, 11) is 4.80. The van der Waals surface area contributed by atoms with Crippen molar-refractivity contribution in [3.8, 4) is 5.75 Å². The van der Waals surface area contributed by atoms with Gasteiger partial charge in [0.25, 0.3) is 0 Å². The minimum atomic E-state index is -0.877. The zero-order chi connectivity index (χ0) is 31.2. The fourth-order valence-corrected chi connectivity index (χ4v) is 8.04. The minimum Gasteiger partial charge on any atom is -0.494 e. The number of imidazole rings is 1. The van der Waals surface area contributed by atoms with Crippen molar-refractivity contribution in [2.24, 2.45) is 0 Å². The van der Waals surface area contributed by atoms with Gasteiger partial charge in [-0.25, -0.2) is 4.98 Å². The van der Waals surface area contributed by atoms with E-state index in [4.69, 9.17) is 12.6 Å². The van der Waals surface area contributed by atoms with Crippen molar-refractivity contribution >= 4 is 28.1 Å². The third-order valence-electron chi connectivity index (χ3n) is 7.91. The Labute approximate surface area is 271 Å². The van der Waals surface area contributed by atoms with Gasteiger partial charge >= 0.3 is 0 Å². The van der Waals surface area contributed by atoms with Crippen LogP contribution in [-0.4, -0.2) is 33.5 Å². The second-order valence-electron chi connectivity index (χ2n) is 10.9. The summed E-state index contributed by atoms with van der Waals surface area (Å²) in [6.45, 7) is 2.96. The first-order chi connectivity index (χ1) is 22.2. The highest BCUT2D eigenvalue weighted by Gasteiger charge is 2.36. The number of rotatable bonds is 11.